The van der Waals surface area contributed by atoms with Gasteiger partial charge in [-0.05, 0) is 111 Å². The fourth-order valence-corrected chi connectivity index (χ4v) is 19.4. The first-order valence-corrected chi connectivity index (χ1v) is 24.1. The van der Waals surface area contributed by atoms with Crippen molar-refractivity contribution in [2.75, 3.05) is 0 Å². The van der Waals surface area contributed by atoms with Crippen molar-refractivity contribution in [2.24, 2.45) is 0 Å². The summed E-state index contributed by atoms with van der Waals surface area (Å²) in [5.74, 6) is 0. The first-order chi connectivity index (χ1) is 24.7. The van der Waals surface area contributed by atoms with Crippen LogP contribution in [-0.4, -0.2) is 48.0 Å². The topological polar surface area (TPSA) is 64.7 Å². The molecule has 6 saturated carbocycles. The summed E-state index contributed by atoms with van der Waals surface area (Å²) >= 11 is 0. The molecule has 0 aromatic heterocycles. The fraction of sp³-hybridized carbons (Fsp3) is 0.927. The Labute approximate surface area is 333 Å². The number of nitrogens with zero attached hydrogens (tertiary/aromatic N) is 2. The first kappa shape index (κ1) is 51.9. The standard InChI is InChI=1S/2C18H33P.2C2H3N.CO.BF4.Ru.H/c2*1-4-10-16(11-5-1)19(17-12-6-2-7-13-17)18-14-8-3-9-15-18;2*1-2-3;1-2;2-1(3,4)5;;/h2*16-18H,1-15H2;2*1H3;;;;/q;;;;;-1;+1;. The minimum atomic E-state index is -6.00. The van der Waals surface area contributed by atoms with E-state index in [-0.39, 0.29) is 19.5 Å². The summed E-state index contributed by atoms with van der Waals surface area (Å²) in [5.41, 5.74) is 7.14. The van der Waals surface area contributed by atoms with Crippen LogP contribution in [0, 0.1) is 22.7 Å². The Kier molecular flexibility index (Phi) is 33.0. The summed E-state index contributed by atoms with van der Waals surface area (Å²) in [5, 5.41) is 14.6. The van der Waals surface area contributed by atoms with E-state index in [1.54, 1.807) is 166 Å². The van der Waals surface area contributed by atoms with Gasteiger partial charge in [-0.25, -0.2) is 0 Å². The zero-order valence-electron chi connectivity index (χ0n) is 32.8. The molecule has 52 heavy (non-hydrogen) atoms. The van der Waals surface area contributed by atoms with Gasteiger partial charge in [0.05, 0.1) is 12.1 Å². The van der Waals surface area contributed by atoms with E-state index in [1.165, 1.54) is 86.3 Å². The van der Waals surface area contributed by atoms with Gasteiger partial charge >= 0.3 is 26.7 Å². The van der Waals surface area contributed by atoms with E-state index in [1.807, 2.05) is 0 Å². The van der Waals surface area contributed by atoms with Gasteiger partial charge in [-0.1, -0.05) is 131 Å². The number of carbonyl (C=O) groups excluding carboxylic acids is 1. The number of rotatable bonds is 6. The van der Waals surface area contributed by atoms with Crippen LogP contribution >= 0.6 is 15.8 Å². The van der Waals surface area contributed by atoms with E-state index in [0.717, 1.165) is 0 Å². The Hall–Kier alpha value is -0.0817. The number of hydrogen-bond acceptors (Lipinski definition) is 3. The van der Waals surface area contributed by atoms with E-state index in [2.05, 4.69) is 6.79 Å². The van der Waals surface area contributed by atoms with Crippen molar-refractivity contribution in [3.63, 3.8) is 0 Å². The van der Waals surface area contributed by atoms with Crippen LogP contribution < -0.4 is 0 Å². The van der Waals surface area contributed by atoms with Crippen LogP contribution in [0.3, 0.4) is 0 Å². The second-order valence-electron chi connectivity index (χ2n) is 15.6. The second-order valence-corrected chi connectivity index (χ2v) is 21.8. The molecule has 6 fully saturated rings. The van der Waals surface area contributed by atoms with Crippen molar-refractivity contribution in [1.29, 1.82) is 10.5 Å². The number of halogens is 4. The van der Waals surface area contributed by atoms with Crippen molar-refractivity contribution in [3.8, 4) is 12.1 Å². The average Bonchev–Trinajstić information content (AvgIpc) is 3.16. The summed E-state index contributed by atoms with van der Waals surface area (Å²) in [4.78, 5) is 7.50. The minimum absolute atomic E-state index is 0. The molecule has 0 unspecified atom stereocenters. The Morgan fingerprint density at radius 2 is 0.500 bits per heavy atom. The monoisotopic (exact) mass is 860 g/mol. The van der Waals surface area contributed by atoms with Crippen LogP contribution in [-0.2, 0) is 24.3 Å². The number of nitriles is 2. The van der Waals surface area contributed by atoms with Gasteiger partial charge in [0.15, 0.2) is 0 Å². The zero-order valence-corrected chi connectivity index (χ0v) is 36.5. The van der Waals surface area contributed by atoms with Crippen molar-refractivity contribution in [2.45, 2.75) is 240 Å². The summed E-state index contributed by atoms with van der Waals surface area (Å²) in [6.45, 7) is 7.36. The molecule has 0 N–H and O–H groups in total. The van der Waals surface area contributed by atoms with Crippen LogP contribution in [0.4, 0.5) is 17.3 Å². The Balaban J connectivity index is 0.000000744. The molecule has 302 valence electrons. The third kappa shape index (κ3) is 23.1. The zero-order chi connectivity index (χ0) is 37.7. The average molecular weight is 860 g/mol. The predicted octanol–water partition coefficient (Wildman–Crippen LogP) is 14.6. The van der Waals surface area contributed by atoms with Gasteiger partial charge in [-0.2, -0.15) is 10.5 Å². The first-order valence-electron chi connectivity index (χ1n) is 21.0. The van der Waals surface area contributed by atoms with Gasteiger partial charge in [0.2, 0.25) is 0 Å². The maximum absolute atomic E-state index is 9.75. The van der Waals surface area contributed by atoms with Gasteiger partial charge in [0, 0.05) is 13.8 Å². The normalized spacial score (nSPS) is 22.7. The van der Waals surface area contributed by atoms with Crippen molar-refractivity contribution in [1.82, 2.24) is 0 Å². The summed E-state index contributed by atoms with van der Waals surface area (Å²) in [6.07, 6.45) is 47.2. The molecular weight excluding hydrogens is 786 g/mol. The third-order valence-electron chi connectivity index (χ3n) is 12.0. The van der Waals surface area contributed by atoms with Crippen LogP contribution in [0.5, 0.6) is 0 Å². The van der Waals surface area contributed by atoms with Crippen LogP contribution in [0.1, 0.15) is 206 Å². The van der Waals surface area contributed by atoms with Crippen molar-refractivity contribution < 1.29 is 41.5 Å². The van der Waals surface area contributed by atoms with Gasteiger partial charge in [0.25, 0.3) is 6.79 Å². The molecule has 11 heteroatoms. The van der Waals surface area contributed by atoms with Gasteiger partial charge in [-0.15, -0.1) is 0 Å². The Morgan fingerprint density at radius 3 is 0.596 bits per heavy atom. The summed E-state index contributed by atoms with van der Waals surface area (Å²) in [6, 6.07) is 3.50. The van der Waals surface area contributed by atoms with Gasteiger partial charge in [-0.3, -0.25) is 4.79 Å². The molecule has 6 rings (SSSR count). The predicted molar refractivity (Wildman–Crippen MR) is 215 cm³/mol. The van der Waals surface area contributed by atoms with Gasteiger partial charge in [0.1, 0.15) is 0 Å². The molecule has 0 amide bonds. The summed E-state index contributed by atoms with van der Waals surface area (Å²) in [7, 11) is -5.23. The molecule has 0 aliphatic heterocycles. The molecule has 0 bridgehead atoms. The van der Waals surface area contributed by atoms with E-state index in [9.17, 15) is 17.3 Å². The van der Waals surface area contributed by atoms with Crippen molar-refractivity contribution >= 4 is 29.9 Å². The molecule has 0 spiro atoms. The third-order valence-corrected chi connectivity index (χ3v) is 20.1. The SMILES string of the molecule is C1CCC(P(C2CCCCC2)C2CCCCC2)CC1.C1CCC(P(C2CCCCC2)C2CCCCC2)CC1.CC#N.CC#N.F[B-](F)(F)F.[C]=O.[RuH+]. The molecular formula is C41H73BF4N2OP2Ru. The van der Waals surface area contributed by atoms with Crippen LogP contribution in [0.2, 0.25) is 0 Å². The molecule has 0 aromatic carbocycles. The van der Waals surface area contributed by atoms with Gasteiger partial charge < -0.3 is 17.3 Å². The van der Waals surface area contributed by atoms with E-state index in [0.29, 0.717) is 15.8 Å². The van der Waals surface area contributed by atoms with Crippen LogP contribution in [0.25, 0.3) is 0 Å². The molecule has 0 atom stereocenters. The Morgan fingerprint density at radius 1 is 0.404 bits per heavy atom. The van der Waals surface area contributed by atoms with E-state index in [4.69, 9.17) is 15.3 Å². The second kappa shape index (κ2) is 33.1. The molecule has 0 aromatic rings. The fourth-order valence-electron chi connectivity index (χ4n) is 10.1. The molecule has 6 aliphatic carbocycles. The van der Waals surface area contributed by atoms with Crippen molar-refractivity contribution in [3.05, 3.63) is 0 Å². The van der Waals surface area contributed by atoms with E-state index >= 15 is 0 Å². The number of hydrogen-bond donors (Lipinski definition) is 0. The van der Waals surface area contributed by atoms with E-state index < -0.39 is 7.25 Å². The molecule has 0 saturated heterocycles. The molecule has 0 heterocycles. The quantitative estimate of drug-likeness (QED) is 0.152. The van der Waals surface area contributed by atoms with Crippen LogP contribution in [0.15, 0.2) is 0 Å². The molecule has 3 radical (unpaired) electrons. The summed E-state index contributed by atoms with van der Waals surface area (Å²) < 4.78 is 39.0. The maximum atomic E-state index is 9.75. The molecule has 6 aliphatic rings. The molecule has 3 nitrogen and oxygen atoms in total. The Bertz CT molecular complexity index is 746.